The van der Waals surface area contributed by atoms with Crippen LogP contribution in [0, 0.1) is 5.92 Å². The maximum atomic E-state index is 12.1. The van der Waals surface area contributed by atoms with E-state index in [1.807, 2.05) is 26.0 Å². The number of thiazole rings is 1. The maximum absolute atomic E-state index is 12.1. The summed E-state index contributed by atoms with van der Waals surface area (Å²) in [7, 11) is 0. The van der Waals surface area contributed by atoms with Crippen LogP contribution < -0.4 is 0 Å². The van der Waals surface area contributed by atoms with E-state index in [1.54, 1.807) is 6.26 Å². The minimum Gasteiger partial charge on any atom is -0.492 e. The number of furan rings is 1. The fourth-order valence-electron chi connectivity index (χ4n) is 3.69. The van der Waals surface area contributed by atoms with E-state index in [1.165, 1.54) is 15.9 Å². The van der Waals surface area contributed by atoms with E-state index in [2.05, 4.69) is 15.0 Å². The molecule has 0 radical (unpaired) electrons. The second-order valence-corrected chi connectivity index (χ2v) is 7.86. The summed E-state index contributed by atoms with van der Waals surface area (Å²) in [5.74, 6) is 1.37. The Hall–Kier alpha value is -2.39. The number of rotatable bonds is 6. The van der Waals surface area contributed by atoms with Crippen LogP contribution in [0.25, 0.3) is 4.96 Å². The molecule has 1 fully saturated rings. The van der Waals surface area contributed by atoms with E-state index in [4.69, 9.17) is 9.15 Å². The Labute approximate surface area is 166 Å². The monoisotopic (exact) mass is 404 g/mol. The van der Waals surface area contributed by atoms with Crippen LogP contribution in [0.5, 0.6) is 5.88 Å². The molecule has 150 valence electrons. The third-order valence-electron chi connectivity index (χ3n) is 5.14. The first-order chi connectivity index (χ1) is 13.6. The van der Waals surface area contributed by atoms with Crippen molar-refractivity contribution in [1.29, 1.82) is 0 Å². The number of nitrogens with zero attached hydrogens (tertiary/aromatic N) is 4. The average molecular weight is 404 g/mol. The molecule has 0 aliphatic carbocycles. The highest BCUT2D eigenvalue weighted by Gasteiger charge is 2.35. The number of carbonyl (C=O) groups excluding carboxylic acids is 1. The molecule has 3 aromatic heterocycles. The summed E-state index contributed by atoms with van der Waals surface area (Å²) < 4.78 is 12.4. The molecule has 28 heavy (non-hydrogen) atoms. The van der Waals surface area contributed by atoms with E-state index in [0.29, 0.717) is 36.9 Å². The van der Waals surface area contributed by atoms with Gasteiger partial charge < -0.3 is 14.3 Å². The lowest BCUT2D eigenvalue weighted by molar-refractivity contribution is -0.149. The number of likely N-dealkylation sites (tertiary alicyclic amines) is 1. The minimum atomic E-state index is -0.239. The SMILES string of the molecule is CCOC(=O)C1CCN([C@H](c2ccco2)c2sc3nc(CC)nn3c2O)CC1. The Morgan fingerprint density at radius 1 is 1.43 bits per heavy atom. The molecule has 1 aliphatic rings. The van der Waals surface area contributed by atoms with Crippen LogP contribution in [0.15, 0.2) is 22.8 Å². The normalized spacial score (nSPS) is 17.2. The van der Waals surface area contributed by atoms with Gasteiger partial charge >= 0.3 is 5.97 Å². The van der Waals surface area contributed by atoms with Crippen molar-refractivity contribution < 1.29 is 19.1 Å². The predicted molar refractivity (Wildman–Crippen MR) is 103 cm³/mol. The van der Waals surface area contributed by atoms with Crippen molar-refractivity contribution in [2.24, 2.45) is 5.92 Å². The van der Waals surface area contributed by atoms with Crippen molar-refractivity contribution in [1.82, 2.24) is 19.5 Å². The number of aromatic nitrogens is 3. The number of piperidine rings is 1. The zero-order valence-corrected chi connectivity index (χ0v) is 16.8. The zero-order chi connectivity index (χ0) is 19.7. The average Bonchev–Trinajstić information content (AvgIpc) is 3.42. The second-order valence-electron chi connectivity index (χ2n) is 6.85. The maximum Gasteiger partial charge on any atom is 0.309 e. The van der Waals surface area contributed by atoms with Gasteiger partial charge in [0.05, 0.1) is 23.7 Å². The Balaban J connectivity index is 1.62. The van der Waals surface area contributed by atoms with E-state index in [-0.39, 0.29) is 23.8 Å². The summed E-state index contributed by atoms with van der Waals surface area (Å²) in [6.45, 7) is 5.64. The molecule has 0 unspecified atom stereocenters. The number of hydrogen-bond donors (Lipinski definition) is 1. The van der Waals surface area contributed by atoms with E-state index >= 15 is 0 Å². The fraction of sp³-hybridized carbons (Fsp3) is 0.526. The van der Waals surface area contributed by atoms with E-state index in [9.17, 15) is 9.90 Å². The standard InChI is InChI=1S/C19H24N4O4S/c1-3-14-20-19-23(21-14)17(24)16(28-19)15(13-6-5-11-27-13)22-9-7-12(8-10-22)18(25)26-4-2/h5-6,11-12,15,24H,3-4,7-10H2,1-2H3/t15-/m1/s1. The van der Waals surface area contributed by atoms with Gasteiger partial charge in [0.1, 0.15) is 11.8 Å². The largest absolute Gasteiger partial charge is 0.492 e. The molecule has 0 aromatic carbocycles. The van der Waals surface area contributed by atoms with Crippen molar-refractivity contribution in [3.8, 4) is 5.88 Å². The van der Waals surface area contributed by atoms with Crippen LogP contribution in [-0.2, 0) is 16.0 Å². The predicted octanol–water partition coefficient (Wildman–Crippen LogP) is 3.02. The lowest BCUT2D eigenvalue weighted by Crippen LogP contribution is -2.39. The first kappa shape index (κ1) is 18.9. The summed E-state index contributed by atoms with van der Waals surface area (Å²) in [5.41, 5.74) is 0. The summed E-state index contributed by atoms with van der Waals surface area (Å²) in [5, 5.41) is 15.2. The quantitative estimate of drug-likeness (QED) is 0.631. The number of fused-ring (bicyclic) bond motifs is 1. The summed E-state index contributed by atoms with van der Waals surface area (Å²) >= 11 is 1.42. The number of ether oxygens (including phenoxy) is 1. The van der Waals surface area contributed by atoms with Crippen LogP contribution in [-0.4, -0.2) is 50.3 Å². The molecule has 4 heterocycles. The van der Waals surface area contributed by atoms with Crippen LogP contribution in [0.2, 0.25) is 0 Å². The molecule has 0 amide bonds. The lowest BCUT2D eigenvalue weighted by atomic mass is 9.95. The third-order valence-corrected chi connectivity index (χ3v) is 6.21. The van der Waals surface area contributed by atoms with Gasteiger partial charge in [-0.1, -0.05) is 18.3 Å². The van der Waals surface area contributed by atoms with Crippen LogP contribution in [0.1, 0.15) is 49.2 Å². The van der Waals surface area contributed by atoms with Gasteiger partial charge in [0, 0.05) is 19.5 Å². The number of carbonyl (C=O) groups is 1. The van der Waals surface area contributed by atoms with Crippen molar-refractivity contribution in [3.63, 3.8) is 0 Å². The topological polar surface area (TPSA) is 93.1 Å². The van der Waals surface area contributed by atoms with Crippen molar-refractivity contribution in [3.05, 3.63) is 34.9 Å². The second kappa shape index (κ2) is 7.92. The molecule has 8 nitrogen and oxygen atoms in total. The minimum absolute atomic E-state index is 0.0727. The molecule has 0 spiro atoms. The first-order valence-corrected chi connectivity index (χ1v) is 10.4. The molecule has 4 rings (SSSR count). The smallest absolute Gasteiger partial charge is 0.309 e. The number of aryl methyl sites for hydroxylation is 1. The number of aromatic hydroxyl groups is 1. The summed E-state index contributed by atoms with van der Waals surface area (Å²) in [6, 6.07) is 3.52. The van der Waals surface area contributed by atoms with Gasteiger partial charge in [0.2, 0.25) is 10.8 Å². The third kappa shape index (κ3) is 3.40. The van der Waals surface area contributed by atoms with Gasteiger partial charge in [-0.3, -0.25) is 9.69 Å². The Kier molecular flexibility index (Phi) is 5.36. The molecule has 1 saturated heterocycles. The van der Waals surface area contributed by atoms with Gasteiger partial charge in [0.25, 0.3) is 0 Å². The molecular formula is C19H24N4O4S. The summed E-state index contributed by atoms with van der Waals surface area (Å²) in [4.78, 5) is 20.2. The molecule has 9 heteroatoms. The van der Waals surface area contributed by atoms with Crippen molar-refractivity contribution in [2.75, 3.05) is 19.7 Å². The molecular weight excluding hydrogens is 380 g/mol. The van der Waals surface area contributed by atoms with Crippen LogP contribution in [0.3, 0.4) is 0 Å². The molecule has 1 atom stereocenters. The Bertz CT molecular complexity index is 941. The summed E-state index contributed by atoms with van der Waals surface area (Å²) in [6.07, 6.45) is 3.79. The molecule has 1 aliphatic heterocycles. The zero-order valence-electron chi connectivity index (χ0n) is 16.0. The highest BCUT2D eigenvalue weighted by Crippen LogP contribution is 2.41. The van der Waals surface area contributed by atoms with E-state index < -0.39 is 0 Å². The molecule has 1 N–H and O–H groups in total. The highest BCUT2D eigenvalue weighted by molar-refractivity contribution is 7.17. The Morgan fingerprint density at radius 3 is 2.82 bits per heavy atom. The van der Waals surface area contributed by atoms with Gasteiger partial charge in [-0.25, -0.2) is 4.98 Å². The highest BCUT2D eigenvalue weighted by atomic mass is 32.1. The van der Waals surface area contributed by atoms with Gasteiger partial charge in [-0.15, -0.1) is 5.10 Å². The lowest BCUT2D eigenvalue weighted by Gasteiger charge is -2.35. The van der Waals surface area contributed by atoms with Gasteiger partial charge in [-0.05, 0) is 31.9 Å². The van der Waals surface area contributed by atoms with Crippen molar-refractivity contribution in [2.45, 2.75) is 39.2 Å². The molecule has 3 aromatic rings. The number of hydrogen-bond acceptors (Lipinski definition) is 8. The van der Waals surface area contributed by atoms with Gasteiger partial charge in [0.15, 0.2) is 5.82 Å². The molecule has 0 bridgehead atoms. The van der Waals surface area contributed by atoms with Crippen molar-refractivity contribution >= 4 is 22.3 Å². The van der Waals surface area contributed by atoms with Crippen LogP contribution >= 0.6 is 11.3 Å². The van der Waals surface area contributed by atoms with Crippen LogP contribution in [0.4, 0.5) is 0 Å². The first-order valence-electron chi connectivity index (χ1n) is 9.63. The van der Waals surface area contributed by atoms with Gasteiger partial charge in [-0.2, -0.15) is 4.52 Å². The molecule has 0 saturated carbocycles. The van der Waals surface area contributed by atoms with E-state index in [0.717, 1.165) is 23.5 Å². The Morgan fingerprint density at radius 2 is 2.21 bits per heavy atom. The fourth-order valence-corrected chi connectivity index (χ4v) is 4.81. The number of esters is 1.